The molecule has 33 heavy (non-hydrogen) atoms. The van der Waals surface area contributed by atoms with E-state index in [1.54, 1.807) is 30.3 Å². The van der Waals surface area contributed by atoms with Crippen LogP contribution >= 0.6 is 12.2 Å². The van der Waals surface area contributed by atoms with Crippen LogP contribution in [0.15, 0.2) is 59.0 Å². The molecule has 0 aliphatic heterocycles. The summed E-state index contributed by atoms with van der Waals surface area (Å²) >= 11 is 5.24. The van der Waals surface area contributed by atoms with Crippen LogP contribution in [-0.4, -0.2) is 35.3 Å². The summed E-state index contributed by atoms with van der Waals surface area (Å²) in [6, 6.07) is 15.4. The number of phenolic OH excluding ortho intramolecular Hbond substituents is 1. The number of anilines is 1. The van der Waals surface area contributed by atoms with Crippen LogP contribution < -0.4 is 20.1 Å². The monoisotopic (exact) mass is 463 g/mol. The number of aryl methyl sites for hydroxylation is 1. The van der Waals surface area contributed by atoms with Crippen LogP contribution in [0, 0.1) is 6.92 Å². The Kier molecular flexibility index (Phi) is 6.14. The number of rotatable bonds is 5. The molecule has 0 unspecified atom stereocenters. The second kappa shape index (κ2) is 9.17. The maximum absolute atomic E-state index is 12.6. The molecule has 1 heterocycles. The molecule has 0 aliphatic rings. The van der Waals surface area contributed by atoms with E-state index in [0.717, 1.165) is 5.56 Å². The number of aromatic hydroxyl groups is 1. The van der Waals surface area contributed by atoms with E-state index in [1.807, 2.05) is 25.1 Å². The van der Waals surface area contributed by atoms with Crippen molar-refractivity contribution in [3.8, 4) is 28.7 Å². The molecule has 1 aromatic heterocycles. The van der Waals surface area contributed by atoms with Gasteiger partial charge in [-0.15, -0.1) is 0 Å². The van der Waals surface area contributed by atoms with Crippen molar-refractivity contribution in [3.05, 3.63) is 65.7 Å². The van der Waals surface area contributed by atoms with Gasteiger partial charge in [-0.2, -0.15) is 0 Å². The molecule has 0 atom stereocenters. The highest BCUT2D eigenvalue weighted by atomic mass is 32.1. The van der Waals surface area contributed by atoms with E-state index in [4.69, 9.17) is 26.1 Å². The summed E-state index contributed by atoms with van der Waals surface area (Å²) < 4.78 is 16.2. The maximum atomic E-state index is 12.6. The zero-order chi connectivity index (χ0) is 23.5. The standard InChI is InChI=1S/C24H21N3O5S/c1-13-4-9-18-21(10-13)32-23(26-18)16-7-5-14(11-19(16)28)25-24(33)27-22(29)17-8-6-15(30-2)12-20(17)31-3/h4-12,28H,1-3H3,(H2,25,27,29,33). The van der Waals surface area contributed by atoms with E-state index in [-0.39, 0.29) is 10.9 Å². The Morgan fingerprint density at radius 1 is 1.06 bits per heavy atom. The fourth-order valence-electron chi connectivity index (χ4n) is 3.26. The van der Waals surface area contributed by atoms with E-state index < -0.39 is 5.91 Å². The fourth-order valence-corrected chi connectivity index (χ4v) is 3.47. The molecule has 3 aromatic carbocycles. The molecule has 8 nitrogen and oxygen atoms in total. The minimum Gasteiger partial charge on any atom is -0.507 e. The number of nitrogens with one attached hydrogen (secondary N) is 2. The second-order valence-electron chi connectivity index (χ2n) is 7.20. The molecule has 4 rings (SSSR count). The summed E-state index contributed by atoms with van der Waals surface area (Å²) in [5.41, 5.74) is 3.62. The average molecular weight is 464 g/mol. The van der Waals surface area contributed by atoms with Gasteiger partial charge in [0.1, 0.15) is 22.8 Å². The van der Waals surface area contributed by atoms with Gasteiger partial charge < -0.3 is 24.3 Å². The predicted molar refractivity (Wildman–Crippen MR) is 129 cm³/mol. The normalized spacial score (nSPS) is 10.6. The van der Waals surface area contributed by atoms with Crippen molar-refractivity contribution in [1.82, 2.24) is 10.3 Å². The number of amides is 1. The van der Waals surface area contributed by atoms with Crippen molar-refractivity contribution in [2.75, 3.05) is 19.5 Å². The Labute approximate surface area is 195 Å². The number of thiocarbonyl (C=S) groups is 1. The number of hydrogen-bond donors (Lipinski definition) is 3. The van der Waals surface area contributed by atoms with Gasteiger partial charge in [0.05, 0.1) is 25.3 Å². The third-order valence-corrected chi connectivity index (χ3v) is 5.11. The minimum absolute atomic E-state index is 0.0470. The highest BCUT2D eigenvalue weighted by molar-refractivity contribution is 7.80. The first-order valence-electron chi connectivity index (χ1n) is 9.93. The summed E-state index contributed by atoms with van der Waals surface area (Å²) in [7, 11) is 2.99. The predicted octanol–water partition coefficient (Wildman–Crippen LogP) is 4.65. The first kappa shape index (κ1) is 22.1. The lowest BCUT2D eigenvalue weighted by Gasteiger charge is -2.13. The molecule has 0 fully saturated rings. The summed E-state index contributed by atoms with van der Waals surface area (Å²) in [6.07, 6.45) is 0. The molecular weight excluding hydrogens is 442 g/mol. The molecule has 168 valence electrons. The lowest BCUT2D eigenvalue weighted by molar-refractivity contribution is 0.0974. The largest absolute Gasteiger partial charge is 0.507 e. The lowest BCUT2D eigenvalue weighted by atomic mass is 10.1. The zero-order valence-corrected chi connectivity index (χ0v) is 18.9. The second-order valence-corrected chi connectivity index (χ2v) is 7.60. The van der Waals surface area contributed by atoms with Gasteiger partial charge in [0.25, 0.3) is 5.91 Å². The molecule has 0 radical (unpaired) electrons. The van der Waals surface area contributed by atoms with Crippen LogP contribution in [0.5, 0.6) is 17.2 Å². The van der Waals surface area contributed by atoms with Gasteiger partial charge in [-0.25, -0.2) is 4.98 Å². The number of ether oxygens (including phenoxy) is 2. The number of carbonyl (C=O) groups excluding carboxylic acids is 1. The Bertz CT molecular complexity index is 1370. The smallest absolute Gasteiger partial charge is 0.261 e. The highest BCUT2D eigenvalue weighted by Gasteiger charge is 2.16. The van der Waals surface area contributed by atoms with Crippen LogP contribution in [0.1, 0.15) is 15.9 Å². The van der Waals surface area contributed by atoms with Gasteiger partial charge in [0.15, 0.2) is 10.7 Å². The Morgan fingerprint density at radius 3 is 2.61 bits per heavy atom. The number of methoxy groups -OCH3 is 2. The first-order valence-corrected chi connectivity index (χ1v) is 10.3. The van der Waals surface area contributed by atoms with E-state index in [1.165, 1.54) is 20.3 Å². The minimum atomic E-state index is -0.449. The summed E-state index contributed by atoms with van der Waals surface area (Å²) in [5.74, 6) is 0.727. The van der Waals surface area contributed by atoms with Gasteiger partial charge in [-0.05, 0) is 61.1 Å². The van der Waals surface area contributed by atoms with Gasteiger partial charge in [0.2, 0.25) is 5.89 Å². The zero-order valence-electron chi connectivity index (χ0n) is 18.1. The molecule has 1 amide bonds. The fraction of sp³-hybridized carbons (Fsp3) is 0.125. The topological polar surface area (TPSA) is 106 Å². The van der Waals surface area contributed by atoms with Crippen molar-refractivity contribution in [1.29, 1.82) is 0 Å². The van der Waals surface area contributed by atoms with Crippen molar-refractivity contribution < 1.29 is 23.8 Å². The van der Waals surface area contributed by atoms with Crippen LogP contribution in [0.2, 0.25) is 0 Å². The third kappa shape index (κ3) is 4.73. The average Bonchev–Trinajstić information content (AvgIpc) is 3.21. The SMILES string of the molecule is COc1ccc(C(=O)NC(=S)Nc2ccc(-c3nc4ccc(C)cc4o3)c(O)c2)c(OC)c1. The molecule has 4 aromatic rings. The van der Waals surface area contributed by atoms with Crippen molar-refractivity contribution in [2.45, 2.75) is 6.92 Å². The Morgan fingerprint density at radius 2 is 1.88 bits per heavy atom. The lowest BCUT2D eigenvalue weighted by Crippen LogP contribution is -2.34. The van der Waals surface area contributed by atoms with Gasteiger partial charge >= 0.3 is 0 Å². The van der Waals surface area contributed by atoms with Crippen LogP contribution in [0.3, 0.4) is 0 Å². The van der Waals surface area contributed by atoms with E-state index in [9.17, 15) is 9.90 Å². The van der Waals surface area contributed by atoms with Crippen LogP contribution in [-0.2, 0) is 0 Å². The summed E-state index contributed by atoms with van der Waals surface area (Å²) in [4.78, 5) is 17.0. The number of oxazole rings is 1. The van der Waals surface area contributed by atoms with Crippen LogP contribution in [0.4, 0.5) is 5.69 Å². The molecule has 0 saturated carbocycles. The summed E-state index contributed by atoms with van der Waals surface area (Å²) in [5, 5.41) is 16.0. The molecule has 0 spiro atoms. The number of aromatic nitrogens is 1. The number of benzene rings is 3. The Balaban J connectivity index is 1.47. The molecule has 0 bridgehead atoms. The van der Waals surface area contributed by atoms with E-state index in [2.05, 4.69) is 15.6 Å². The number of hydrogen-bond acceptors (Lipinski definition) is 7. The number of fused-ring (bicyclic) bond motifs is 1. The van der Waals surface area contributed by atoms with Crippen molar-refractivity contribution in [3.63, 3.8) is 0 Å². The van der Waals surface area contributed by atoms with E-state index >= 15 is 0 Å². The van der Waals surface area contributed by atoms with Crippen molar-refractivity contribution in [2.24, 2.45) is 0 Å². The van der Waals surface area contributed by atoms with Gasteiger partial charge in [-0.1, -0.05) is 6.07 Å². The molecular formula is C24H21N3O5S. The summed E-state index contributed by atoms with van der Waals surface area (Å²) in [6.45, 7) is 1.96. The highest BCUT2D eigenvalue weighted by Crippen LogP contribution is 2.33. The Hall–Kier alpha value is -4.11. The van der Waals surface area contributed by atoms with Crippen molar-refractivity contribution >= 4 is 40.0 Å². The molecule has 3 N–H and O–H groups in total. The third-order valence-electron chi connectivity index (χ3n) is 4.91. The van der Waals surface area contributed by atoms with Gasteiger partial charge in [0, 0.05) is 17.8 Å². The van der Waals surface area contributed by atoms with Gasteiger partial charge in [-0.3, -0.25) is 10.1 Å². The van der Waals surface area contributed by atoms with Crippen LogP contribution in [0.25, 0.3) is 22.6 Å². The number of nitrogens with zero attached hydrogens (tertiary/aromatic N) is 1. The molecule has 0 aliphatic carbocycles. The maximum Gasteiger partial charge on any atom is 0.261 e. The number of carbonyl (C=O) groups is 1. The molecule has 9 heteroatoms. The molecule has 0 saturated heterocycles. The van der Waals surface area contributed by atoms with E-state index in [0.29, 0.717) is 45.3 Å². The quantitative estimate of drug-likeness (QED) is 0.367. The number of phenols is 1. The first-order chi connectivity index (χ1) is 15.9.